The van der Waals surface area contributed by atoms with Gasteiger partial charge in [0.25, 0.3) is 0 Å². The lowest BCUT2D eigenvalue weighted by Gasteiger charge is -2.12. The van der Waals surface area contributed by atoms with Crippen molar-refractivity contribution in [2.45, 2.75) is 0 Å². The molecule has 0 fully saturated rings. The monoisotopic (exact) mass is 221 g/mol. The molecule has 1 aliphatic heterocycles. The van der Waals surface area contributed by atoms with Gasteiger partial charge in [0.2, 0.25) is 0 Å². The number of rotatable bonds is 0. The normalized spacial score (nSPS) is 13.9. The van der Waals surface area contributed by atoms with Crippen molar-refractivity contribution < 1.29 is 0 Å². The molecule has 3 nitrogen and oxygen atoms in total. The lowest BCUT2D eigenvalue weighted by atomic mass is 10.1. The summed E-state index contributed by atoms with van der Waals surface area (Å²) >= 11 is 0. The predicted molar refractivity (Wildman–Crippen MR) is 72.4 cm³/mol. The standard InChI is InChI=1S/C14H11N3/c1-2-4-11-9(3-1)10-5-6-12-14(13(10)17-11)16-8-7-15-12/h1-7,16-17H,8H2. The van der Waals surface area contributed by atoms with Gasteiger partial charge >= 0.3 is 0 Å². The maximum absolute atomic E-state index is 4.41. The molecule has 0 atom stereocenters. The van der Waals surface area contributed by atoms with Gasteiger partial charge in [0.1, 0.15) is 0 Å². The van der Waals surface area contributed by atoms with Gasteiger partial charge in [-0.05, 0) is 18.2 Å². The van der Waals surface area contributed by atoms with Crippen LogP contribution in [0.5, 0.6) is 0 Å². The van der Waals surface area contributed by atoms with Gasteiger partial charge < -0.3 is 10.3 Å². The van der Waals surface area contributed by atoms with Crippen LogP contribution in [-0.4, -0.2) is 17.7 Å². The van der Waals surface area contributed by atoms with Crippen molar-refractivity contribution in [2.24, 2.45) is 4.99 Å². The molecule has 0 radical (unpaired) electrons. The van der Waals surface area contributed by atoms with Crippen molar-refractivity contribution in [1.82, 2.24) is 4.98 Å². The average Bonchev–Trinajstić information content (AvgIpc) is 2.78. The Morgan fingerprint density at radius 3 is 2.94 bits per heavy atom. The zero-order valence-electron chi connectivity index (χ0n) is 9.20. The predicted octanol–water partition coefficient (Wildman–Crippen LogP) is 3.45. The van der Waals surface area contributed by atoms with E-state index >= 15 is 0 Å². The summed E-state index contributed by atoms with van der Waals surface area (Å²) in [5, 5.41) is 5.91. The first-order chi connectivity index (χ1) is 8.43. The first-order valence-corrected chi connectivity index (χ1v) is 5.73. The molecule has 0 saturated heterocycles. The number of anilines is 1. The molecule has 3 heteroatoms. The second-order valence-corrected chi connectivity index (χ2v) is 4.25. The summed E-state index contributed by atoms with van der Waals surface area (Å²) in [7, 11) is 0. The number of benzene rings is 2. The average molecular weight is 221 g/mol. The molecule has 0 amide bonds. The maximum atomic E-state index is 4.41. The van der Waals surface area contributed by atoms with E-state index in [2.05, 4.69) is 51.7 Å². The van der Waals surface area contributed by atoms with Crippen LogP contribution in [0, 0.1) is 0 Å². The first-order valence-electron chi connectivity index (χ1n) is 5.73. The summed E-state index contributed by atoms with van der Waals surface area (Å²) in [6.45, 7) is 0.793. The first kappa shape index (κ1) is 8.82. The van der Waals surface area contributed by atoms with Crippen molar-refractivity contribution >= 4 is 39.4 Å². The van der Waals surface area contributed by atoms with Gasteiger partial charge in [0.05, 0.1) is 23.4 Å². The number of aromatic amines is 1. The Kier molecular flexibility index (Phi) is 1.61. The van der Waals surface area contributed by atoms with Crippen molar-refractivity contribution in [3.63, 3.8) is 0 Å². The van der Waals surface area contributed by atoms with Gasteiger partial charge in [-0.3, -0.25) is 4.99 Å². The lowest BCUT2D eigenvalue weighted by Crippen LogP contribution is -2.06. The molecule has 2 aromatic carbocycles. The fourth-order valence-electron chi connectivity index (χ4n) is 2.49. The summed E-state index contributed by atoms with van der Waals surface area (Å²) in [5.74, 6) is 0. The largest absolute Gasteiger partial charge is 0.377 e. The van der Waals surface area contributed by atoms with Crippen LogP contribution in [0.4, 0.5) is 11.4 Å². The van der Waals surface area contributed by atoms with Crippen molar-refractivity contribution in [3.8, 4) is 0 Å². The van der Waals surface area contributed by atoms with Crippen molar-refractivity contribution in [2.75, 3.05) is 11.9 Å². The van der Waals surface area contributed by atoms with Gasteiger partial charge in [-0.2, -0.15) is 0 Å². The Balaban J connectivity index is 2.21. The van der Waals surface area contributed by atoms with E-state index in [0.29, 0.717) is 0 Å². The van der Waals surface area contributed by atoms with Crippen LogP contribution in [0.1, 0.15) is 0 Å². The lowest BCUT2D eigenvalue weighted by molar-refractivity contribution is 1.34. The van der Waals surface area contributed by atoms with Crippen LogP contribution in [-0.2, 0) is 0 Å². The molecular weight excluding hydrogens is 210 g/mol. The van der Waals surface area contributed by atoms with Crippen molar-refractivity contribution in [1.29, 1.82) is 0 Å². The minimum absolute atomic E-state index is 0.793. The molecule has 0 bridgehead atoms. The molecular formula is C14H11N3. The number of para-hydroxylation sites is 1. The third-order valence-corrected chi connectivity index (χ3v) is 3.26. The Morgan fingerprint density at radius 1 is 1.00 bits per heavy atom. The zero-order chi connectivity index (χ0) is 11.2. The van der Waals surface area contributed by atoms with Crippen LogP contribution in [0.25, 0.3) is 21.8 Å². The van der Waals surface area contributed by atoms with E-state index in [1.54, 1.807) is 0 Å². The second kappa shape index (κ2) is 3.10. The Bertz CT molecular complexity index is 753. The highest BCUT2D eigenvalue weighted by Gasteiger charge is 2.12. The van der Waals surface area contributed by atoms with Gasteiger partial charge in [-0.1, -0.05) is 18.2 Å². The van der Waals surface area contributed by atoms with Gasteiger partial charge in [-0.25, -0.2) is 0 Å². The highest BCUT2D eigenvalue weighted by molar-refractivity contribution is 6.13. The third-order valence-electron chi connectivity index (χ3n) is 3.26. The highest BCUT2D eigenvalue weighted by Crippen LogP contribution is 2.37. The SMILES string of the molecule is C1=Nc2ccc3c([nH]c4ccccc43)c2NC1. The number of nitrogens with zero attached hydrogens (tertiary/aromatic N) is 1. The summed E-state index contributed by atoms with van der Waals surface area (Å²) in [6, 6.07) is 12.6. The topological polar surface area (TPSA) is 40.2 Å². The molecule has 3 aromatic rings. The number of hydrogen-bond donors (Lipinski definition) is 2. The smallest absolute Gasteiger partial charge is 0.0879 e. The Labute approximate surface area is 98.2 Å². The fourth-order valence-corrected chi connectivity index (χ4v) is 2.49. The Morgan fingerprint density at radius 2 is 1.94 bits per heavy atom. The number of nitrogens with one attached hydrogen (secondary N) is 2. The Hall–Kier alpha value is -2.29. The number of aromatic nitrogens is 1. The molecule has 0 aliphatic carbocycles. The summed E-state index contributed by atoms with van der Waals surface area (Å²) in [4.78, 5) is 7.88. The molecule has 1 aromatic heterocycles. The van der Waals surface area contributed by atoms with E-state index in [4.69, 9.17) is 0 Å². The van der Waals surface area contributed by atoms with Crippen LogP contribution in [0.2, 0.25) is 0 Å². The summed E-state index contributed by atoms with van der Waals surface area (Å²) < 4.78 is 0. The van der Waals surface area contributed by atoms with E-state index in [-0.39, 0.29) is 0 Å². The summed E-state index contributed by atoms with van der Waals surface area (Å²) in [6.07, 6.45) is 1.90. The van der Waals surface area contributed by atoms with Crippen LogP contribution in [0.3, 0.4) is 0 Å². The molecule has 0 saturated carbocycles. The van der Waals surface area contributed by atoms with Crippen LogP contribution >= 0.6 is 0 Å². The fraction of sp³-hybridized carbons (Fsp3) is 0.0714. The quantitative estimate of drug-likeness (QED) is 0.599. The molecule has 0 unspecified atom stereocenters. The number of aliphatic imine (C=N–C) groups is 1. The van der Waals surface area contributed by atoms with Crippen LogP contribution < -0.4 is 5.32 Å². The third kappa shape index (κ3) is 1.13. The zero-order valence-corrected chi connectivity index (χ0v) is 9.20. The minimum atomic E-state index is 0.793. The molecule has 2 N–H and O–H groups in total. The van der Waals surface area contributed by atoms with Crippen LogP contribution in [0.15, 0.2) is 41.4 Å². The van der Waals surface area contributed by atoms with Gasteiger partial charge in [-0.15, -0.1) is 0 Å². The second-order valence-electron chi connectivity index (χ2n) is 4.25. The molecule has 4 rings (SSSR count). The van der Waals surface area contributed by atoms with Crippen molar-refractivity contribution in [3.05, 3.63) is 36.4 Å². The molecule has 2 heterocycles. The van der Waals surface area contributed by atoms with E-state index < -0.39 is 0 Å². The molecule has 1 aliphatic rings. The maximum Gasteiger partial charge on any atom is 0.0879 e. The van der Waals surface area contributed by atoms with E-state index in [1.807, 2.05) is 6.21 Å². The number of hydrogen-bond acceptors (Lipinski definition) is 2. The number of H-pyrrole nitrogens is 1. The van der Waals surface area contributed by atoms with E-state index in [1.165, 1.54) is 16.3 Å². The molecule has 17 heavy (non-hydrogen) atoms. The summed E-state index contributed by atoms with van der Waals surface area (Å²) in [5.41, 5.74) is 4.45. The van der Waals surface area contributed by atoms with Gasteiger partial charge in [0.15, 0.2) is 0 Å². The minimum Gasteiger partial charge on any atom is -0.377 e. The highest BCUT2D eigenvalue weighted by atomic mass is 15.0. The molecule has 0 spiro atoms. The van der Waals surface area contributed by atoms with E-state index in [0.717, 1.165) is 23.4 Å². The number of fused-ring (bicyclic) bond motifs is 5. The van der Waals surface area contributed by atoms with Gasteiger partial charge in [0, 0.05) is 22.5 Å². The van der Waals surface area contributed by atoms with E-state index in [9.17, 15) is 0 Å². The molecule has 82 valence electrons.